The van der Waals surface area contributed by atoms with Crippen molar-refractivity contribution in [1.29, 1.82) is 0 Å². The molecule has 0 aliphatic rings. The second-order valence-corrected chi connectivity index (χ2v) is 5.39. The normalized spacial score (nSPS) is 12.5. The fourth-order valence-electron chi connectivity index (χ4n) is 2.04. The van der Waals surface area contributed by atoms with Crippen LogP contribution in [0.3, 0.4) is 0 Å². The van der Waals surface area contributed by atoms with Crippen LogP contribution in [-0.4, -0.2) is 5.11 Å². The molecular formula is C15H13BrF2O. The third-order valence-corrected chi connectivity index (χ3v) is 3.75. The summed E-state index contributed by atoms with van der Waals surface area (Å²) < 4.78 is 27.4. The highest BCUT2D eigenvalue weighted by molar-refractivity contribution is 9.10. The van der Waals surface area contributed by atoms with Crippen molar-refractivity contribution in [2.45, 2.75) is 20.0 Å². The van der Waals surface area contributed by atoms with E-state index < -0.39 is 11.9 Å². The van der Waals surface area contributed by atoms with E-state index in [2.05, 4.69) is 15.9 Å². The lowest BCUT2D eigenvalue weighted by molar-refractivity contribution is 0.218. The molecule has 0 spiro atoms. The van der Waals surface area contributed by atoms with Crippen LogP contribution in [0.1, 0.15) is 28.4 Å². The predicted octanol–water partition coefficient (Wildman–Crippen LogP) is 4.43. The molecular weight excluding hydrogens is 314 g/mol. The van der Waals surface area contributed by atoms with Gasteiger partial charge >= 0.3 is 0 Å². The second kappa shape index (κ2) is 5.39. The molecule has 1 atom stereocenters. The first kappa shape index (κ1) is 14.2. The molecule has 2 aromatic carbocycles. The molecule has 1 unspecified atom stereocenters. The van der Waals surface area contributed by atoms with E-state index in [-0.39, 0.29) is 5.82 Å². The number of rotatable bonds is 2. The Morgan fingerprint density at radius 2 is 1.63 bits per heavy atom. The third kappa shape index (κ3) is 2.85. The number of aryl methyl sites for hydroxylation is 2. The number of benzene rings is 2. The summed E-state index contributed by atoms with van der Waals surface area (Å²) in [6.07, 6.45) is -0.997. The van der Waals surface area contributed by atoms with E-state index >= 15 is 0 Å². The molecule has 2 rings (SSSR count). The molecule has 19 heavy (non-hydrogen) atoms. The molecule has 2 aromatic rings. The number of halogens is 3. The number of aliphatic hydroxyl groups excluding tert-OH is 1. The molecule has 0 aliphatic carbocycles. The molecule has 0 radical (unpaired) electrons. The van der Waals surface area contributed by atoms with E-state index in [4.69, 9.17) is 0 Å². The maximum Gasteiger partial charge on any atom is 0.129 e. The fraction of sp³-hybridized carbons (Fsp3) is 0.200. The molecule has 0 saturated carbocycles. The smallest absolute Gasteiger partial charge is 0.129 e. The molecule has 1 nitrogen and oxygen atoms in total. The summed E-state index contributed by atoms with van der Waals surface area (Å²) in [5.74, 6) is -0.706. The van der Waals surface area contributed by atoms with Crippen LogP contribution in [0.5, 0.6) is 0 Å². The van der Waals surface area contributed by atoms with Gasteiger partial charge in [-0.15, -0.1) is 0 Å². The summed E-state index contributed by atoms with van der Waals surface area (Å²) in [7, 11) is 0. The van der Waals surface area contributed by atoms with Crippen molar-refractivity contribution < 1.29 is 13.9 Å². The Morgan fingerprint density at radius 3 is 2.21 bits per heavy atom. The molecule has 1 N–H and O–H groups in total. The summed E-state index contributed by atoms with van der Waals surface area (Å²) >= 11 is 3.28. The summed E-state index contributed by atoms with van der Waals surface area (Å²) in [4.78, 5) is 0. The van der Waals surface area contributed by atoms with Crippen LogP contribution in [-0.2, 0) is 0 Å². The zero-order valence-corrected chi connectivity index (χ0v) is 12.1. The number of hydrogen-bond donors (Lipinski definition) is 1. The lowest BCUT2D eigenvalue weighted by Crippen LogP contribution is -2.03. The van der Waals surface area contributed by atoms with Crippen molar-refractivity contribution in [3.05, 3.63) is 68.7 Å². The monoisotopic (exact) mass is 326 g/mol. The van der Waals surface area contributed by atoms with Crippen LogP contribution in [0.25, 0.3) is 0 Å². The second-order valence-electron chi connectivity index (χ2n) is 4.54. The van der Waals surface area contributed by atoms with Gasteiger partial charge in [-0.2, -0.15) is 0 Å². The van der Waals surface area contributed by atoms with Crippen LogP contribution >= 0.6 is 15.9 Å². The maximum absolute atomic E-state index is 13.6. The third-order valence-electron chi connectivity index (χ3n) is 3.03. The molecule has 0 fully saturated rings. The minimum Gasteiger partial charge on any atom is -0.384 e. The molecule has 0 aliphatic heterocycles. The minimum absolute atomic E-state index is 0.283. The van der Waals surface area contributed by atoms with Crippen molar-refractivity contribution in [3.63, 3.8) is 0 Å². The van der Waals surface area contributed by atoms with Crippen molar-refractivity contribution in [2.24, 2.45) is 0 Å². The largest absolute Gasteiger partial charge is 0.384 e. The van der Waals surface area contributed by atoms with Crippen molar-refractivity contribution in [2.75, 3.05) is 0 Å². The average Bonchev–Trinajstić information content (AvgIpc) is 2.37. The molecule has 0 heterocycles. The standard InChI is InChI=1S/C15H13BrF2O/c1-8-5-10(6-9(2)14(8)18)15(19)12-7-11(17)3-4-13(12)16/h3-7,15,19H,1-2H3. The van der Waals surface area contributed by atoms with Gasteiger partial charge in [0.25, 0.3) is 0 Å². The molecule has 0 bridgehead atoms. The average molecular weight is 327 g/mol. The SMILES string of the molecule is Cc1cc(C(O)c2cc(F)ccc2Br)cc(C)c1F. The van der Waals surface area contributed by atoms with Crippen molar-refractivity contribution in [1.82, 2.24) is 0 Å². The Kier molecular flexibility index (Phi) is 4.02. The minimum atomic E-state index is -0.997. The Labute approximate surface area is 119 Å². The highest BCUT2D eigenvalue weighted by atomic mass is 79.9. The van der Waals surface area contributed by atoms with E-state index in [1.807, 2.05) is 0 Å². The predicted molar refractivity (Wildman–Crippen MR) is 74.0 cm³/mol. The van der Waals surface area contributed by atoms with Crippen LogP contribution in [0.2, 0.25) is 0 Å². The van der Waals surface area contributed by atoms with Gasteiger partial charge in [0, 0.05) is 10.0 Å². The maximum atomic E-state index is 13.6. The fourth-order valence-corrected chi connectivity index (χ4v) is 2.50. The van der Waals surface area contributed by atoms with Gasteiger partial charge in [-0.1, -0.05) is 28.1 Å². The van der Waals surface area contributed by atoms with E-state index in [1.165, 1.54) is 18.2 Å². The van der Waals surface area contributed by atoms with E-state index in [0.717, 1.165) is 0 Å². The summed E-state index contributed by atoms with van der Waals surface area (Å²) in [5, 5.41) is 10.3. The highest BCUT2D eigenvalue weighted by Gasteiger charge is 2.16. The Balaban J connectivity index is 2.49. The molecule has 4 heteroatoms. The van der Waals surface area contributed by atoms with Gasteiger partial charge in [0.1, 0.15) is 17.7 Å². The van der Waals surface area contributed by atoms with Crippen LogP contribution in [0.4, 0.5) is 8.78 Å². The zero-order valence-electron chi connectivity index (χ0n) is 10.5. The first-order valence-electron chi connectivity index (χ1n) is 5.80. The van der Waals surface area contributed by atoms with Crippen molar-refractivity contribution >= 4 is 15.9 Å². The van der Waals surface area contributed by atoms with Crippen LogP contribution in [0.15, 0.2) is 34.8 Å². The topological polar surface area (TPSA) is 20.2 Å². The van der Waals surface area contributed by atoms with Gasteiger partial charge in [-0.05, 0) is 48.7 Å². The molecule has 0 aromatic heterocycles. The Bertz CT molecular complexity index is 603. The lowest BCUT2D eigenvalue weighted by atomic mass is 9.97. The highest BCUT2D eigenvalue weighted by Crippen LogP contribution is 2.30. The van der Waals surface area contributed by atoms with Gasteiger partial charge < -0.3 is 5.11 Å². The van der Waals surface area contributed by atoms with Gasteiger partial charge in [-0.3, -0.25) is 0 Å². The van der Waals surface area contributed by atoms with Gasteiger partial charge in [0.2, 0.25) is 0 Å². The van der Waals surface area contributed by atoms with E-state index in [9.17, 15) is 13.9 Å². The summed E-state index contributed by atoms with van der Waals surface area (Å²) in [6.45, 7) is 3.28. The first-order valence-corrected chi connectivity index (χ1v) is 6.59. The molecule has 0 amide bonds. The van der Waals surface area contributed by atoms with E-state index in [0.29, 0.717) is 26.7 Å². The van der Waals surface area contributed by atoms with Crippen LogP contribution in [0, 0.1) is 25.5 Å². The quantitative estimate of drug-likeness (QED) is 0.865. The Morgan fingerprint density at radius 1 is 1.05 bits per heavy atom. The Hall–Kier alpha value is -1.26. The van der Waals surface area contributed by atoms with Gasteiger partial charge in [0.15, 0.2) is 0 Å². The zero-order chi connectivity index (χ0) is 14.2. The molecule has 0 saturated heterocycles. The molecule has 100 valence electrons. The van der Waals surface area contributed by atoms with Gasteiger partial charge in [0.05, 0.1) is 0 Å². The number of hydrogen-bond acceptors (Lipinski definition) is 1. The number of aliphatic hydroxyl groups is 1. The first-order chi connectivity index (χ1) is 8.90. The van der Waals surface area contributed by atoms with Crippen molar-refractivity contribution in [3.8, 4) is 0 Å². The van der Waals surface area contributed by atoms with E-state index in [1.54, 1.807) is 26.0 Å². The lowest BCUT2D eigenvalue weighted by Gasteiger charge is -2.15. The van der Waals surface area contributed by atoms with Crippen LogP contribution < -0.4 is 0 Å². The van der Waals surface area contributed by atoms with Gasteiger partial charge in [-0.25, -0.2) is 8.78 Å². The summed E-state index contributed by atoms with van der Waals surface area (Å²) in [6, 6.07) is 7.26. The summed E-state index contributed by atoms with van der Waals surface area (Å²) in [5.41, 5.74) is 1.89.